The van der Waals surface area contributed by atoms with Crippen LogP contribution in [0.4, 0.5) is 5.69 Å². The van der Waals surface area contributed by atoms with Crippen LogP contribution in [0.2, 0.25) is 0 Å². The molecule has 3 aromatic carbocycles. The first kappa shape index (κ1) is 24.5. The molecule has 0 aliphatic carbocycles. The zero-order valence-electron chi connectivity index (χ0n) is 19.6. The van der Waals surface area contributed by atoms with Crippen LogP contribution in [0, 0.1) is 0 Å². The molecule has 0 radical (unpaired) electrons. The molecule has 0 unspecified atom stereocenters. The maximum absolute atomic E-state index is 13.1. The summed E-state index contributed by atoms with van der Waals surface area (Å²) in [4.78, 5) is 64.0. The van der Waals surface area contributed by atoms with Crippen molar-refractivity contribution < 1.29 is 33.4 Å². The number of benzene rings is 3. The van der Waals surface area contributed by atoms with Crippen molar-refractivity contribution in [1.82, 2.24) is 0 Å². The van der Waals surface area contributed by atoms with Crippen LogP contribution in [0.5, 0.6) is 0 Å². The Labute approximate surface area is 207 Å². The second-order valence-corrected chi connectivity index (χ2v) is 8.11. The number of imide groups is 1. The number of Topliss-reactive ketones (excluding diaryl/α,β-unsaturated/α-hetero) is 1. The highest BCUT2D eigenvalue weighted by molar-refractivity contribution is 6.34. The number of nitrogens with zero attached hydrogens (tertiary/aromatic N) is 1. The van der Waals surface area contributed by atoms with E-state index in [9.17, 15) is 24.0 Å². The smallest absolute Gasteiger partial charge is 0.338 e. The van der Waals surface area contributed by atoms with Gasteiger partial charge < -0.3 is 9.47 Å². The van der Waals surface area contributed by atoms with Crippen LogP contribution < -0.4 is 4.90 Å². The quantitative estimate of drug-likeness (QED) is 0.190. The summed E-state index contributed by atoms with van der Waals surface area (Å²) in [5.74, 6) is -2.92. The Morgan fingerprint density at radius 2 is 1.39 bits per heavy atom. The van der Waals surface area contributed by atoms with Crippen molar-refractivity contribution in [2.45, 2.75) is 19.8 Å². The Hall–Kier alpha value is -4.59. The second-order valence-electron chi connectivity index (χ2n) is 8.11. The van der Waals surface area contributed by atoms with Crippen molar-refractivity contribution >= 4 is 35.2 Å². The lowest BCUT2D eigenvalue weighted by atomic mass is 10.1. The molecule has 8 heteroatoms. The molecule has 1 heterocycles. The summed E-state index contributed by atoms with van der Waals surface area (Å²) in [6.45, 7) is 1.80. The number of carbonyl (C=O) groups is 5. The Morgan fingerprint density at radius 3 is 2.14 bits per heavy atom. The summed E-state index contributed by atoms with van der Waals surface area (Å²) >= 11 is 0. The summed E-state index contributed by atoms with van der Waals surface area (Å²) in [5.41, 5.74) is 1.02. The fourth-order valence-electron chi connectivity index (χ4n) is 3.69. The molecular weight excluding hydrogens is 462 g/mol. The van der Waals surface area contributed by atoms with Crippen LogP contribution in [0.3, 0.4) is 0 Å². The van der Waals surface area contributed by atoms with Crippen LogP contribution in [0.25, 0.3) is 0 Å². The Kier molecular flexibility index (Phi) is 7.34. The number of ether oxygens (including phenoxy) is 2. The van der Waals surface area contributed by atoms with Crippen molar-refractivity contribution in [3.05, 3.63) is 101 Å². The van der Waals surface area contributed by atoms with Gasteiger partial charge in [-0.2, -0.15) is 0 Å². The van der Waals surface area contributed by atoms with Gasteiger partial charge in [0.05, 0.1) is 34.5 Å². The molecule has 182 valence electrons. The van der Waals surface area contributed by atoms with Crippen LogP contribution >= 0.6 is 0 Å². The van der Waals surface area contributed by atoms with Gasteiger partial charge in [0.2, 0.25) is 0 Å². The van der Waals surface area contributed by atoms with Crippen molar-refractivity contribution in [3.8, 4) is 0 Å². The second kappa shape index (κ2) is 10.8. The van der Waals surface area contributed by atoms with Crippen molar-refractivity contribution in [1.29, 1.82) is 0 Å². The fourth-order valence-corrected chi connectivity index (χ4v) is 3.69. The van der Waals surface area contributed by atoms with Gasteiger partial charge in [-0.05, 0) is 42.8 Å². The van der Waals surface area contributed by atoms with Gasteiger partial charge in [0.15, 0.2) is 12.4 Å². The number of ketones is 1. The molecule has 1 aliphatic rings. The minimum Gasteiger partial charge on any atom is -0.462 e. The summed E-state index contributed by atoms with van der Waals surface area (Å²) in [6.07, 6.45) is 1.61. The average molecular weight is 485 g/mol. The molecule has 0 spiro atoms. The molecule has 0 fully saturated rings. The van der Waals surface area contributed by atoms with E-state index < -0.39 is 30.4 Å². The SMILES string of the molecule is CCCCOC(=O)c1cccc(N2C(=O)c3ccc(C(=O)OCC(=O)c4ccccc4)cc3C2=O)c1. The number of hydrogen-bond acceptors (Lipinski definition) is 7. The lowest BCUT2D eigenvalue weighted by Crippen LogP contribution is -2.29. The standard InChI is InChI=1S/C28H23NO7/c1-2-3-14-35-27(33)19-10-7-11-21(15-19)29-25(31)22-13-12-20(16-23(22)26(29)32)28(34)36-17-24(30)18-8-5-4-6-9-18/h4-13,15-16H,2-3,14,17H2,1H3. The number of carbonyl (C=O) groups excluding carboxylic acids is 5. The normalized spacial score (nSPS) is 12.3. The molecule has 2 amide bonds. The zero-order valence-corrected chi connectivity index (χ0v) is 19.6. The summed E-state index contributed by atoms with van der Waals surface area (Å²) in [5, 5.41) is 0. The number of unbranched alkanes of at least 4 members (excludes halogenated alkanes) is 1. The maximum atomic E-state index is 13.1. The molecule has 8 nitrogen and oxygen atoms in total. The fraction of sp³-hybridized carbons (Fsp3) is 0.179. The number of fused-ring (bicyclic) bond motifs is 1. The first-order chi connectivity index (χ1) is 17.4. The van der Waals surface area contributed by atoms with Crippen LogP contribution in [0.1, 0.15) is 71.6 Å². The Balaban J connectivity index is 1.49. The molecule has 0 saturated heterocycles. The third-order valence-corrected chi connectivity index (χ3v) is 5.62. The largest absolute Gasteiger partial charge is 0.462 e. The van der Waals surface area contributed by atoms with E-state index >= 15 is 0 Å². The average Bonchev–Trinajstić information content (AvgIpc) is 3.16. The highest BCUT2D eigenvalue weighted by Gasteiger charge is 2.37. The van der Waals surface area contributed by atoms with Gasteiger partial charge in [0.1, 0.15) is 0 Å². The molecular formula is C28H23NO7. The minimum atomic E-state index is -0.794. The predicted octanol–water partition coefficient (Wildman–Crippen LogP) is 4.48. The van der Waals surface area contributed by atoms with Gasteiger partial charge in [0, 0.05) is 5.56 Å². The van der Waals surface area contributed by atoms with E-state index in [-0.39, 0.29) is 40.3 Å². The highest BCUT2D eigenvalue weighted by atomic mass is 16.5. The van der Waals surface area contributed by atoms with E-state index in [1.165, 1.54) is 30.3 Å². The maximum Gasteiger partial charge on any atom is 0.338 e. The van der Waals surface area contributed by atoms with E-state index in [1.807, 2.05) is 6.92 Å². The van der Waals surface area contributed by atoms with Gasteiger partial charge >= 0.3 is 11.9 Å². The number of esters is 2. The van der Waals surface area contributed by atoms with E-state index in [0.29, 0.717) is 5.56 Å². The molecule has 0 aromatic heterocycles. The Bertz CT molecular complexity index is 1350. The van der Waals surface area contributed by atoms with Gasteiger partial charge in [-0.25, -0.2) is 14.5 Å². The number of hydrogen-bond donors (Lipinski definition) is 0. The number of rotatable bonds is 9. The molecule has 0 atom stereocenters. The van der Waals surface area contributed by atoms with Gasteiger partial charge in [-0.15, -0.1) is 0 Å². The summed E-state index contributed by atoms with van der Waals surface area (Å²) < 4.78 is 10.3. The Morgan fingerprint density at radius 1 is 0.722 bits per heavy atom. The van der Waals surface area contributed by atoms with Crippen LogP contribution in [-0.4, -0.2) is 42.7 Å². The zero-order chi connectivity index (χ0) is 25.7. The van der Waals surface area contributed by atoms with Crippen LogP contribution in [0.15, 0.2) is 72.8 Å². The molecule has 0 bridgehead atoms. The molecule has 0 N–H and O–H groups in total. The predicted molar refractivity (Wildman–Crippen MR) is 130 cm³/mol. The molecule has 36 heavy (non-hydrogen) atoms. The van der Waals surface area contributed by atoms with Crippen LogP contribution in [-0.2, 0) is 9.47 Å². The molecule has 0 saturated carbocycles. The van der Waals surface area contributed by atoms with E-state index in [2.05, 4.69) is 0 Å². The first-order valence-electron chi connectivity index (χ1n) is 11.5. The van der Waals surface area contributed by atoms with Crippen molar-refractivity contribution in [3.63, 3.8) is 0 Å². The monoisotopic (exact) mass is 485 g/mol. The molecule has 4 rings (SSSR count). The minimum absolute atomic E-state index is 0.0276. The molecule has 1 aliphatic heterocycles. The summed E-state index contributed by atoms with van der Waals surface area (Å²) in [7, 11) is 0. The van der Waals surface area contributed by atoms with E-state index in [1.54, 1.807) is 42.5 Å². The van der Waals surface area contributed by atoms with Crippen molar-refractivity contribution in [2.75, 3.05) is 18.1 Å². The first-order valence-corrected chi connectivity index (χ1v) is 11.5. The van der Waals surface area contributed by atoms with Crippen molar-refractivity contribution in [2.24, 2.45) is 0 Å². The highest BCUT2D eigenvalue weighted by Crippen LogP contribution is 2.30. The van der Waals surface area contributed by atoms with Gasteiger partial charge in [-0.1, -0.05) is 49.7 Å². The number of amides is 2. The van der Waals surface area contributed by atoms with Gasteiger partial charge in [-0.3, -0.25) is 14.4 Å². The van der Waals surface area contributed by atoms with E-state index in [4.69, 9.17) is 9.47 Å². The van der Waals surface area contributed by atoms with E-state index in [0.717, 1.165) is 17.7 Å². The van der Waals surface area contributed by atoms with Gasteiger partial charge in [0.25, 0.3) is 11.8 Å². The topological polar surface area (TPSA) is 107 Å². The summed E-state index contributed by atoms with van der Waals surface area (Å²) in [6, 6.07) is 18.5. The third kappa shape index (κ3) is 5.07. The lowest BCUT2D eigenvalue weighted by Gasteiger charge is -2.14. The molecule has 3 aromatic rings. The third-order valence-electron chi connectivity index (χ3n) is 5.62. The lowest BCUT2D eigenvalue weighted by molar-refractivity contribution is 0.0473. The number of anilines is 1.